The maximum absolute atomic E-state index is 13.2. The van der Waals surface area contributed by atoms with E-state index in [0.717, 1.165) is 0 Å². The van der Waals surface area contributed by atoms with Gasteiger partial charge in [-0.1, -0.05) is 0 Å². The molecule has 1 aliphatic carbocycles. The van der Waals surface area contributed by atoms with Crippen molar-refractivity contribution in [1.82, 2.24) is 9.55 Å². The van der Waals surface area contributed by atoms with E-state index in [2.05, 4.69) is 4.98 Å². The highest BCUT2D eigenvalue weighted by molar-refractivity contribution is 5.82. The zero-order valence-corrected chi connectivity index (χ0v) is 10.4. The number of hydrogen-bond acceptors (Lipinski definition) is 2. The van der Waals surface area contributed by atoms with Crippen LogP contribution in [0.1, 0.15) is 18.4 Å². The summed E-state index contributed by atoms with van der Waals surface area (Å²) in [6, 6.07) is 3.17. The van der Waals surface area contributed by atoms with Crippen molar-refractivity contribution in [3.05, 3.63) is 30.1 Å². The van der Waals surface area contributed by atoms with Crippen LogP contribution in [0, 0.1) is 0 Å². The Morgan fingerprint density at radius 2 is 2.11 bits per heavy atom. The third kappa shape index (κ3) is 1.74. The van der Waals surface area contributed by atoms with E-state index in [-0.39, 0.29) is 19.6 Å². The molecule has 3 nitrogen and oxygen atoms in total. The van der Waals surface area contributed by atoms with Gasteiger partial charge in [0.05, 0.1) is 5.41 Å². The van der Waals surface area contributed by atoms with Gasteiger partial charge in [0.15, 0.2) is 0 Å². The number of hydrogen-bond donors (Lipinski definition) is 0. The van der Waals surface area contributed by atoms with Crippen LogP contribution < -0.4 is 0 Å². The molecule has 0 unspecified atom stereocenters. The Bertz CT molecular complexity index is 614. The molecular weight excluding hydrogens is 257 g/mol. The van der Waals surface area contributed by atoms with Crippen LogP contribution >= 0.6 is 0 Å². The third-order valence-corrected chi connectivity index (χ3v) is 3.74. The molecule has 102 valence electrons. The standard InChI is InChI=1S/C13H13F3N2O/c1-19-8-18-7-3-9-10(2-6-17-11(9)18)12(4-5-12)13(14,15)16/h2-3,6-7H,4-5,8H2,1H3. The largest absolute Gasteiger partial charge is 0.398 e. The van der Waals surface area contributed by atoms with Gasteiger partial charge in [-0.15, -0.1) is 0 Å². The number of methoxy groups -OCH3 is 1. The van der Waals surface area contributed by atoms with Crippen LogP contribution in [0.25, 0.3) is 11.0 Å². The molecule has 0 amide bonds. The SMILES string of the molecule is COCn1ccc2c(C3(C(F)(F)F)CC3)ccnc21. The predicted octanol–water partition coefficient (Wildman–Crippen LogP) is 3.23. The molecule has 0 spiro atoms. The second-order valence-corrected chi connectivity index (χ2v) is 4.88. The average Bonchev–Trinajstić information content (AvgIpc) is 3.07. The van der Waals surface area contributed by atoms with Crippen LogP contribution in [0.4, 0.5) is 13.2 Å². The topological polar surface area (TPSA) is 27.1 Å². The number of rotatable bonds is 3. The lowest BCUT2D eigenvalue weighted by molar-refractivity contribution is -0.160. The van der Waals surface area contributed by atoms with Gasteiger partial charge in [0, 0.05) is 24.9 Å². The van der Waals surface area contributed by atoms with E-state index in [1.807, 2.05) is 0 Å². The van der Waals surface area contributed by atoms with Crippen LogP contribution in [-0.2, 0) is 16.9 Å². The Morgan fingerprint density at radius 1 is 1.37 bits per heavy atom. The summed E-state index contributed by atoms with van der Waals surface area (Å²) in [5, 5.41) is 0.564. The highest BCUT2D eigenvalue weighted by Crippen LogP contribution is 2.60. The molecule has 0 saturated heterocycles. The molecule has 0 radical (unpaired) electrons. The lowest BCUT2D eigenvalue weighted by atomic mass is 9.94. The highest BCUT2D eigenvalue weighted by atomic mass is 19.4. The molecule has 0 aliphatic heterocycles. The van der Waals surface area contributed by atoms with Crippen LogP contribution in [0.2, 0.25) is 0 Å². The first-order chi connectivity index (χ1) is 8.99. The highest BCUT2D eigenvalue weighted by Gasteiger charge is 2.64. The van der Waals surface area contributed by atoms with E-state index in [9.17, 15) is 13.2 Å². The first-order valence-corrected chi connectivity index (χ1v) is 5.99. The second-order valence-electron chi connectivity index (χ2n) is 4.88. The van der Waals surface area contributed by atoms with Crippen LogP contribution in [0.15, 0.2) is 24.5 Å². The fourth-order valence-corrected chi connectivity index (χ4v) is 2.58. The molecule has 1 aliphatic rings. The maximum atomic E-state index is 13.2. The van der Waals surface area contributed by atoms with E-state index < -0.39 is 11.6 Å². The zero-order valence-electron chi connectivity index (χ0n) is 10.4. The van der Waals surface area contributed by atoms with Gasteiger partial charge in [-0.3, -0.25) is 0 Å². The van der Waals surface area contributed by atoms with Gasteiger partial charge in [0.1, 0.15) is 12.4 Å². The van der Waals surface area contributed by atoms with E-state index in [1.54, 1.807) is 16.8 Å². The summed E-state index contributed by atoms with van der Waals surface area (Å²) in [4.78, 5) is 4.16. The quantitative estimate of drug-likeness (QED) is 0.856. The van der Waals surface area contributed by atoms with Crippen molar-refractivity contribution < 1.29 is 17.9 Å². The second kappa shape index (κ2) is 3.96. The number of alkyl halides is 3. The van der Waals surface area contributed by atoms with Crippen molar-refractivity contribution in [1.29, 1.82) is 0 Å². The molecule has 0 aromatic carbocycles. The maximum Gasteiger partial charge on any atom is 0.398 e. The Morgan fingerprint density at radius 3 is 2.68 bits per heavy atom. The Kier molecular flexibility index (Phi) is 2.60. The summed E-state index contributed by atoms with van der Waals surface area (Å²) in [5.41, 5.74) is -0.803. The van der Waals surface area contributed by atoms with Gasteiger partial charge < -0.3 is 9.30 Å². The van der Waals surface area contributed by atoms with Crippen molar-refractivity contribution in [3.8, 4) is 0 Å². The number of ether oxygens (including phenoxy) is 1. The molecule has 0 atom stereocenters. The monoisotopic (exact) mass is 270 g/mol. The molecule has 1 fully saturated rings. The van der Waals surface area contributed by atoms with E-state index >= 15 is 0 Å². The van der Waals surface area contributed by atoms with Crippen LogP contribution in [0.5, 0.6) is 0 Å². The lowest BCUT2D eigenvalue weighted by Crippen LogP contribution is -2.28. The van der Waals surface area contributed by atoms with Crippen LogP contribution in [-0.4, -0.2) is 22.8 Å². The molecular formula is C13H13F3N2O. The molecule has 3 rings (SSSR count). The van der Waals surface area contributed by atoms with Gasteiger partial charge in [0.2, 0.25) is 0 Å². The van der Waals surface area contributed by atoms with Gasteiger partial charge in [-0.05, 0) is 30.5 Å². The van der Waals surface area contributed by atoms with Crippen molar-refractivity contribution >= 4 is 11.0 Å². The molecule has 1 saturated carbocycles. The smallest absolute Gasteiger partial charge is 0.364 e. The first-order valence-electron chi connectivity index (χ1n) is 5.99. The molecule has 6 heteroatoms. The lowest BCUT2D eigenvalue weighted by Gasteiger charge is -2.20. The first kappa shape index (κ1) is 12.5. The van der Waals surface area contributed by atoms with Gasteiger partial charge in [-0.2, -0.15) is 13.2 Å². The fourth-order valence-electron chi connectivity index (χ4n) is 2.58. The minimum absolute atomic E-state index is 0.158. The summed E-state index contributed by atoms with van der Waals surface area (Å²) in [6.45, 7) is 0.277. The summed E-state index contributed by atoms with van der Waals surface area (Å²) in [7, 11) is 1.54. The molecule has 19 heavy (non-hydrogen) atoms. The predicted molar refractivity (Wildman–Crippen MR) is 63.7 cm³/mol. The normalized spacial score (nSPS) is 17.9. The summed E-state index contributed by atoms with van der Waals surface area (Å²) in [6.07, 6.45) is -0.743. The summed E-state index contributed by atoms with van der Waals surface area (Å²) < 4.78 is 46.3. The number of fused-ring (bicyclic) bond motifs is 1. The zero-order chi connectivity index (χ0) is 13.7. The molecule has 0 bridgehead atoms. The van der Waals surface area contributed by atoms with Gasteiger partial charge in [-0.25, -0.2) is 4.98 Å². The van der Waals surface area contributed by atoms with Gasteiger partial charge in [0.25, 0.3) is 0 Å². The third-order valence-electron chi connectivity index (χ3n) is 3.74. The minimum atomic E-state index is -4.20. The number of aromatic nitrogens is 2. The van der Waals surface area contributed by atoms with E-state index in [0.29, 0.717) is 16.6 Å². The summed E-state index contributed by atoms with van der Waals surface area (Å²) >= 11 is 0. The molecule has 0 N–H and O–H groups in total. The number of halogens is 3. The van der Waals surface area contributed by atoms with Crippen molar-refractivity contribution in [2.75, 3.05) is 7.11 Å². The average molecular weight is 270 g/mol. The van der Waals surface area contributed by atoms with Crippen molar-refractivity contribution in [3.63, 3.8) is 0 Å². The van der Waals surface area contributed by atoms with Gasteiger partial charge >= 0.3 is 6.18 Å². The van der Waals surface area contributed by atoms with Crippen molar-refractivity contribution in [2.24, 2.45) is 0 Å². The molecule has 2 aromatic rings. The minimum Gasteiger partial charge on any atom is -0.364 e. The Labute approximate surface area is 108 Å². The van der Waals surface area contributed by atoms with E-state index in [4.69, 9.17) is 4.74 Å². The number of nitrogens with zero attached hydrogens (tertiary/aromatic N) is 2. The Balaban J connectivity index is 2.16. The molecule has 2 heterocycles. The number of pyridine rings is 1. The molecule has 2 aromatic heterocycles. The van der Waals surface area contributed by atoms with Crippen LogP contribution in [0.3, 0.4) is 0 Å². The fraction of sp³-hybridized carbons (Fsp3) is 0.462. The summed E-state index contributed by atoms with van der Waals surface area (Å²) in [5.74, 6) is 0. The Hall–Kier alpha value is -1.56. The van der Waals surface area contributed by atoms with Crippen molar-refractivity contribution in [2.45, 2.75) is 31.2 Å². The van der Waals surface area contributed by atoms with E-state index in [1.165, 1.54) is 19.4 Å².